The lowest BCUT2D eigenvalue weighted by atomic mass is 10.0. The third kappa shape index (κ3) is 5.40. The van der Waals surface area contributed by atoms with Crippen LogP contribution in [0.15, 0.2) is 18.2 Å². The van der Waals surface area contributed by atoms with E-state index in [0.717, 1.165) is 31.4 Å². The Balaban J connectivity index is 1.32. The molecule has 0 atom stereocenters. The molecule has 3 rings (SSSR count). The van der Waals surface area contributed by atoms with Crippen LogP contribution in [0.25, 0.3) is 0 Å². The number of rotatable bonds is 8. The zero-order valence-electron chi connectivity index (χ0n) is 15.2. The Hall–Kier alpha value is -1.68. The lowest BCUT2D eigenvalue weighted by Gasteiger charge is -2.26. The molecule has 0 bridgehead atoms. The Kier molecular flexibility index (Phi) is 6.62. The third-order valence-corrected chi connectivity index (χ3v) is 5.42. The average molecular weight is 342 g/mol. The van der Waals surface area contributed by atoms with Gasteiger partial charge in [-0.3, -0.25) is 9.59 Å². The van der Waals surface area contributed by atoms with Gasteiger partial charge in [-0.1, -0.05) is 18.6 Å². The molecule has 1 heterocycles. The summed E-state index contributed by atoms with van der Waals surface area (Å²) < 4.78 is 0. The Morgan fingerprint density at radius 2 is 1.76 bits per heavy atom. The molecule has 0 radical (unpaired) electrons. The van der Waals surface area contributed by atoms with Gasteiger partial charge in [0.1, 0.15) is 0 Å². The minimum Gasteiger partial charge on any atom is -0.356 e. The molecule has 0 spiro atoms. The Labute approximate surface area is 151 Å². The lowest BCUT2D eigenvalue weighted by molar-refractivity contribution is -0.121. The molecule has 1 N–H and O–H groups in total. The number of ketones is 1. The Bertz CT molecular complexity index is 606. The largest absolute Gasteiger partial charge is 0.356 e. The first-order valence-electron chi connectivity index (χ1n) is 9.86. The van der Waals surface area contributed by atoms with E-state index < -0.39 is 0 Å². The number of nitrogens with zero attached hydrogens (tertiary/aromatic N) is 1. The number of nitrogens with one attached hydrogen (secondary N) is 1. The number of aryl methyl sites for hydroxylation is 2. The van der Waals surface area contributed by atoms with Crippen LogP contribution in [0.2, 0.25) is 0 Å². The lowest BCUT2D eigenvalue weighted by Crippen LogP contribution is -2.33. The quantitative estimate of drug-likeness (QED) is 0.583. The molecule has 1 aliphatic heterocycles. The molecular weight excluding hydrogens is 312 g/mol. The van der Waals surface area contributed by atoms with E-state index in [4.69, 9.17) is 0 Å². The van der Waals surface area contributed by atoms with Crippen LogP contribution in [-0.2, 0) is 17.6 Å². The maximum absolute atomic E-state index is 12.3. The van der Waals surface area contributed by atoms with Gasteiger partial charge in [-0.15, -0.1) is 0 Å². The van der Waals surface area contributed by atoms with Crippen LogP contribution in [0.5, 0.6) is 0 Å². The van der Waals surface area contributed by atoms with Gasteiger partial charge >= 0.3 is 0 Å². The predicted octanol–water partition coefficient (Wildman–Crippen LogP) is 3.13. The van der Waals surface area contributed by atoms with Crippen molar-refractivity contribution in [2.24, 2.45) is 0 Å². The number of Topliss-reactive ketones (excluding diaryl/α,β-unsaturated/α-hetero) is 1. The molecule has 1 aliphatic carbocycles. The van der Waals surface area contributed by atoms with Crippen molar-refractivity contribution in [2.45, 2.75) is 57.8 Å². The number of hydrogen-bond acceptors (Lipinski definition) is 3. The molecule has 0 unspecified atom stereocenters. The van der Waals surface area contributed by atoms with Gasteiger partial charge in [0, 0.05) is 24.9 Å². The van der Waals surface area contributed by atoms with Crippen molar-refractivity contribution in [3.63, 3.8) is 0 Å². The topological polar surface area (TPSA) is 49.4 Å². The normalized spacial score (nSPS) is 17.3. The summed E-state index contributed by atoms with van der Waals surface area (Å²) in [4.78, 5) is 26.7. The SMILES string of the molecule is O=C(CCC(=O)c1ccc2c(c1)CCC2)NCCCN1CCCCC1. The van der Waals surface area contributed by atoms with Gasteiger partial charge < -0.3 is 10.2 Å². The van der Waals surface area contributed by atoms with E-state index in [2.05, 4.69) is 16.3 Å². The molecule has 4 nitrogen and oxygen atoms in total. The molecular formula is C21H30N2O2. The summed E-state index contributed by atoms with van der Waals surface area (Å²) in [7, 11) is 0. The second-order valence-electron chi connectivity index (χ2n) is 7.37. The minimum atomic E-state index is -0.00634. The number of piperidine rings is 1. The Morgan fingerprint density at radius 3 is 2.60 bits per heavy atom. The highest BCUT2D eigenvalue weighted by Gasteiger charge is 2.15. The van der Waals surface area contributed by atoms with Crippen molar-refractivity contribution in [1.29, 1.82) is 0 Å². The van der Waals surface area contributed by atoms with Crippen molar-refractivity contribution >= 4 is 11.7 Å². The van der Waals surface area contributed by atoms with E-state index in [0.29, 0.717) is 19.4 Å². The maximum Gasteiger partial charge on any atom is 0.220 e. The zero-order valence-corrected chi connectivity index (χ0v) is 15.2. The molecule has 1 amide bonds. The molecule has 25 heavy (non-hydrogen) atoms. The predicted molar refractivity (Wildman–Crippen MR) is 99.9 cm³/mol. The van der Waals surface area contributed by atoms with Gasteiger partial charge in [-0.2, -0.15) is 0 Å². The molecule has 4 heteroatoms. The highest BCUT2D eigenvalue weighted by atomic mass is 16.2. The van der Waals surface area contributed by atoms with Crippen molar-refractivity contribution in [3.8, 4) is 0 Å². The van der Waals surface area contributed by atoms with Crippen LogP contribution in [-0.4, -0.2) is 42.8 Å². The van der Waals surface area contributed by atoms with Crippen LogP contribution in [0.4, 0.5) is 0 Å². The van der Waals surface area contributed by atoms with Crippen molar-refractivity contribution in [3.05, 3.63) is 34.9 Å². The van der Waals surface area contributed by atoms with E-state index in [9.17, 15) is 9.59 Å². The number of likely N-dealkylation sites (tertiary alicyclic amines) is 1. The number of hydrogen-bond donors (Lipinski definition) is 1. The van der Waals surface area contributed by atoms with Crippen molar-refractivity contribution in [1.82, 2.24) is 10.2 Å². The fourth-order valence-electron chi connectivity index (χ4n) is 3.92. The van der Waals surface area contributed by atoms with Crippen LogP contribution in [0, 0.1) is 0 Å². The number of benzene rings is 1. The van der Waals surface area contributed by atoms with Gasteiger partial charge in [0.25, 0.3) is 0 Å². The van der Waals surface area contributed by atoms with Crippen LogP contribution >= 0.6 is 0 Å². The molecule has 1 fully saturated rings. The van der Waals surface area contributed by atoms with Crippen LogP contribution in [0.3, 0.4) is 0 Å². The van der Waals surface area contributed by atoms with E-state index >= 15 is 0 Å². The fourth-order valence-corrected chi connectivity index (χ4v) is 3.92. The number of carbonyl (C=O) groups is 2. The summed E-state index contributed by atoms with van der Waals surface area (Å²) in [5.41, 5.74) is 3.45. The minimum absolute atomic E-state index is 0.00634. The first-order valence-corrected chi connectivity index (χ1v) is 9.86. The van der Waals surface area contributed by atoms with Gasteiger partial charge in [0.2, 0.25) is 5.91 Å². The maximum atomic E-state index is 12.3. The van der Waals surface area contributed by atoms with Crippen LogP contribution < -0.4 is 5.32 Å². The van der Waals surface area contributed by atoms with Gasteiger partial charge in [-0.05, 0) is 75.4 Å². The average Bonchev–Trinajstić information content (AvgIpc) is 3.12. The first kappa shape index (κ1) is 18.1. The third-order valence-electron chi connectivity index (χ3n) is 5.42. The summed E-state index contributed by atoms with van der Waals surface area (Å²) in [5, 5.41) is 2.95. The van der Waals surface area contributed by atoms with E-state index in [1.165, 1.54) is 49.9 Å². The fraction of sp³-hybridized carbons (Fsp3) is 0.619. The van der Waals surface area contributed by atoms with E-state index in [1.54, 1.807) is 0 Å². The van der Waals surface area contributed by atoms with Crippen LogP contribution in [0.1, 0.15) is 66.4 Å². The molecule has 2 aliphatic rings. The second kappa shape index (κ2) is 9.14. The number of fused-ring (bicyclic) bond motifs is 1. The monoisotopic (exact) mass is 342 g/mol. The van der Waals surface area contributed by atoms with Crippen molar-refractivity contribution in [2.75, 3.05) is 26.2 Å². The highest BCUT2D eigenvalue weighted by Crippen LogP contribution is 2.23. The first-order chi connectivity index (χ1) is 12.2. The van der Waals surface area contributed by atoms with Gasteiger partial charge in [0.15, 0.2) is 5.78 Å². The zero-order chi connectivity index (χ0) is 17.5. The number of carbonyl (C=O) groups excluding carboxylic acids is 2. The summed E-state index contributed by atoms with van der Waals surface area (Å²) in [6, 6.07) is 6.03. The summed E-state index contributed by atoms with van der Waals surface area (Å²) in [5.74, 6) is 0.0753. The molecule has 1 aromatic carbocycles. The summed E-state index contributed by atoms with van der Waals surface area (Å²) in [6.45, 7) is 4.17. The standard InChI is InChI=1S/C21H30N2O2/c24-20(19-9-8-17-6-4-7-18(17)16-19)10-11-21(25)22-12-5-15-23-13-2-1-3-14-23/h8-9,16H,1-7,10-15H2,(H,22,25). The van der Waals surface area contributed by atoms with Gasteiger partial charge in [-0.25, -0.2) is 0 Å². The van der Waals surface area contributed by atoms with Crippen molar-refractivity contribution < 1.29 is 9.59 Å². The molecule has 136 valence electrons. The molecule has 1 aromatic rings. The van der Waals surface area contributed by atoms with E-state index in [-0.39, 0.29) is 11.7 Å². The molecule has 1 saturated heterocycles. The van der Waals surface area contributed by atoms with Gasteiger partial charge in [0.05, 0.1) is 0 Å². The number of amides is 1. The molecule has 0 aromatic heterocycles. The summed E-state index contributed by atoms with van der Waals surface area (Å²) in [6.07, 6.45) is 8.94. The summed E-state index contributed by atoms with van der Waals surface area (Å²) >= 11 is 0. The van der Waals surface area contributed by atoms with E-state index in [1.807, 2.05) is 12.1 Å². The smallest absolute Gasteiger partial charge is 0.220 e. The Morgan fingerprint density at radius 1 is 0.960 bits per heavy atom. The molecule has 0 saturated carbocycles. The second-order valence-corrected chi connectivity index (χ2v) is 7.37. The highest BCUT2D eigenvalue weighted by molar-refractivity contribution is 5.98.